The summed E-state index contributed by atoms with van der Waals surface area (Å²) in [7, 11) is 0. The number of benzene rings is 1. The molecule has 0 radical (unpaired) electrons. The number of amides is 1. The highest BCUT2D eigenvalue weighted by Gasteiger charge is 2.18. The van der Waals surface area contributed by atoms with Gasteiger partial charge >= 0.3 is 0 Å². The Labute approximate surface area is 146 Å². The van der Waals surface area contributed by atoms with Crippen molar-refractivity contribution >= 4 is 17.5 Å². The molecule has 1 aromatic carbocycles. The third-order valence-electron chi connectivity index (χ3n) is 4.24. The largest absolute Gasteiger partial charge is 0.486 e. The van der Waals surface area contributed by atoms with Crippen LogP contribution in [0.3, 0.4) is 0 Å². The molecule has 0 bridgehead atoms. The number of rotatable bonds is 4. The van der Waals surface area contributed by atoms with Crippen molar-refractivity contribution < 1.29 is 14.3 Å². The molecular weight excluding hydrogens is 328 g/mol. The van der Waals surface area contributed by atoms with E-state index in [9.17, 15) is 4.79 Å². The summed E-state index contributed by atoms with van der Waals surface area (Å²) in [5.74, 6) is 1.11. The number of hydrogen-bond acceptors (Lipinski definition) is 3. The maximum atomic E-state index is 12.5. The molecule has 5 nitrogen and oxygen atoms in total. The van der Waals surface area contributed by atoms with Gasteiger partial charge in [-0.3, -0.25) is 4.79 Å². The fraction of sp³-hybridized carbons (Fsp3) is 0.389. The van der Waals surface area contributed by atoms with Crippen LogP contribution in [-0.4, -0.2) is 23.7 Å². The monoisotopic (exact) mass is 348 g/mol. The molecular formula is C18H21ClN2O3. The number of hydrogen-bond donors (Lipinski definition) is 1. The van der Waals surface area contributed by atoms with Crippen LogP contribution in [-0.2, 0) is 13.1 Å². The molecule has 0 aliphatic carbocycles. The number of nitrogens with one attached hydrogen (secondary N) is 1. The zero-order valence-corrected chi connectivity index (χ0v) is 14.9. The van der Waals surface area contributed by atoms with Crippen molar-refractivity contribution in [2.45, 2.75) is 33.9 Å². The Kier molecular flexibility index (Phi) is 4.71. The van der Waals surface area contributed by atoms with Crippen LogP contribution in [0.4, 0.5) is 0 Å². The van der Waals surface area contributed by atoms with E-state index in [1.165, 1.54) is 0 Å². The molecule has 0 atom stereocenters. The summed E-state index contributed by atoms with van der Waals surface area (Å²) >= 11 is 6.23. The van der Waals surface area contributed by atoms with Crippen LogP contribution in [0.2, 0.25) is 5.02 Å². The zero-order valence-electron chi connectivity index (χ0n) is 14.1. The molecule has 6 heteroatoms. The van der Waals surface area contributed by atoms with Gasteiger partial charge in [0, 0.05) is 24.5 Å². The Bertz CT molecular complexity index is 783. The van der Waals surface area contributed by atoms with Crippen molar-refractivity contribution in [1.29, 1.82) is 0 Å². The molecule has 0 saturated heterocycles. The topological polar surface area (TPSA) is 52.5 Å². The highest BCUT2D eigenvalue weighted by atomic mass is 35.5. The van der Waals surface area contributed by atoms with Crippen LogP contribution in [0.15, 0.2) is 18.2 Å². The number of aryl methyl sites for hydroxylation is 1. The van der Waals surface area contributed by atoms with Gasteiger partial charge in [0.15, 0.2) is 11.5 Å². The van der Waals surface area contributed by atoms with Crippen LogP contribution >= 0.6 is 11.6 Å². The van der Waals surface area contributed by atoms with Crippen molar-refractivity contribution in [2.75, 3.05) is 13.2 Å². The van der Waals surface area contributed by atoms with Crippen LogP contribution in [0.5, 0.6) is 11.5 Å². The molecule has 0 spiro atoms. The van der Waals surface area contributed by atoms with Crippen molar-refractivity contribution in [3.05, 3.63) is 45.7 Å². The summed E-state index contributed by atoms with van der Waals surface area (Å²) in [5, 5.41) is 3.45. The summed E-state index contributed by atoms with van der Waals surface area (Å²) < 4.78 is 13.2. The van der Waals surface area contributed by atoms with Gasteiger partial charge in [0.1, 0.15) is 13.2 Å². The van der Waals surface area contributed by atoms with E-state index in [4.69, 9.17) is 21.1 Å². The van der Waals surface area contributed by atoms with Crippen molar-refractivity contribution in [2.24, 2.45) is 0 Å². The lowest BCUT2D eigenvalue weighted by Gasteiger charge is -2.20. The second-order valence-electron chi connectivity index (χ2n) is 5.81. The van der Waals surface area contributed by atoms with Crippen LogP contribution in [0.1, 0.15) is 34.2 Å². The summed E-state index contributed by atoms with van der Waals surface area (Å²) in [4.78, 5) is 12.5. The number of aromatic nitrogens is 1. The predicted molar refractivity (Wildman–Crippen MR) is 93.2 cm³/mol. The smallest absolute Gasteiger partial charge is 0.253 e. The SMILES string of the molecule is CCn1c(C)cc(C(=O)NCc2cc(Cl)c3c(c2)OCCO3)c1C. The lowest BCUT2D eigenvalue weighted by molar-refractivity contribution is 0.0950. The standard InChI is InChI=1S/C18H21ClN2O3/c1-4-21-11(2)7-14(12(21)3)18(22)20-10-13-8-15(19)17-16(9-13)23-5-6-24-17/h7-9H,4-6,10H2,1-3H3,(H,20,22). The summed E-state index contributed by atoms with van der Waals surface area (Å²) in [6, 6.07) is 5.58. The Morgan fingerprint density at radius 1 is 1.25 bits per heavy atom. The average molecular weight is 349 g/mol. The van der Waals surface area contributed by atoms with Gasteiger partial charge in [-0.25, -0.2) is 0 Å². The molecule has 128 valence electrons. The molecule has 1 amide bonds. The van der Waals surface area contributed by atoms with E-state index >= 15 is 0 Å². The number of fused-ring (bicyclic) bond motifs is 1. The fourth-order valence-electron chi connectivity index (χ4n) is 3.06. The molecule has 0 fully saturated rings. The van der Waals surface area contributed by atoms with Gasteiger partial charge in [0.2, 0.25) is 0 Å². The maximum absolute atomic E-state index is 12.5. The highest BCUT2D eigenvalue weighted by molar-refractivity contribution is 6.32. The van der Waals surface area contributed by atoms with E-state index in [1.807, 2.05) is 26.0 Å². The number of carbonyl (C=O) groups excluding carboxylic acids is 1. The Balaban J connectivity index is 1.74. The average Bonchev–Trinajstić information content (AvgIpc) is 2.86. The van der Waals surface area contributed by atoms with E-state index in [-0.39, 0.29) is 5.91 Å². The summed E-state index contributed by atoms with van der Waals surface area (Å²) in [6.07, 6.45) is 0. The van der Waals surface area contributed by atoms with Crippen LogP contribution < -0.4 is 14.8 Å². The normalized spacial score (nSPS) is 13.0. The van der Waals surface area contributed by atoms with E-state index in [1.54, 1.807) is 6.07 Å². The van der Waals surface area contributed by atoms with Crippen LogP contribution in [0.25, 0.3) is 0 Å². The van der Waals surface area contributed by atoms with Gasteiger partial charge in [-0.2, -0.15) is 0 Å². The first-order valence-electron chi connectivity index (χ1n) is 8.04. The zero-order chi connectivity index (χ0) is 17.3. The molecule has 1 aromatic heterocycles. The molecule has 1 aliphatic rings. The predicted octanol–water partition coefficient (Wildman–Crippen LogP) is 3.48. The fourth-order valence-corrected chi connectivity index (χ4v) is 3.35. The first-order valence-corrected chi connectivity index (χ1v) is 8.42. The van der Waals surface area contributed by atoms with E-state index in [0.717, 1.165) is 23.5 Å². The number of nitrogens with zero attached hydrogens (tertiary/aromatic N) is 1. The van der Waals surface area contributed by atoms with Gasteiger partial charge in [-0.15, -0.1) is 0 Å². The molecule has 24 heavy (non-hydrogen) atoms. The molecule has 3 rings (SSSR count). The van der Waals surface area contributed by atoms with Gasteiger partial charge in [-0.1, -0.05) is 11.6 Å². The number of ether oxygens (including phenoxy) is 2. The third kappa shape index (κ3) is 3.08. The summed E-state index contributed by atoms with van der Waals surface area (Å²) in [6.45, 7) is 8.27. The quantitative estimate of drug-likeness (QED) is 0.920. The minimum atomic E-state index is -0.0891. The third-order valence-corrected chi connectivity index (χ3v) is 4.52. The minimum Gasteiger partial charge on any atom is -0.486 e. The Hall–Kier alpha value is -2.14. The lowest BCUT2D eigenvalue weighted by atomic mass is 10.1. The second kappa shape index (κ2) is 6.77. The van der Waals surface area contributed by atoms with Gasteiger partial charge in [0.05, 0.1) is 10.6 Å². The van der Waals surface area contributed by atoms with Crippen molar-refractivity contribution in [3.63, 3.8) is 0 Å². The lowest BCUT2D eigenvalue weighted by Crippen LogP contribution is -2.23. The number of halogens is 1. The molecule has 2 aromatic rings. The molecule has 0 unspecified atom stereocenters. The Morgan fingerprint density at radius 2 is 2.00 bits per heavy atom. The molecule has 2 heterocycles. The maximum Gasteiger partial charge on any atom is 0.253 e. The second-order valence-corrected chi connectivity index (χ2v) is 6.22. The van der Waals surface area contributed by atoms with E-state index in [2.05, 4.69) is 16.8 Å². The molecule has 0 saturated carbocycles. The molecule has 1 N–H and O–H groups in total. The minimum absolute atomic E-state index is 0.0891. The highest BCUT2D eigenvalue weighted by Crippen LogP contribution is 2.38. The Morgan fingerprint density at radius 3 is 2.71 bits per heavy atom. The van der Waals surface area contributed by atoms with Gasteiger partial charge in [0.25, 0.3) is 5.91 Å². The van der Waals surface area contributed by atoms with Gasteiger partial charge in [-0.05, 0) is 44.5 Å². The van der Waals surface area contributed by atoms with E-state index in [0.29, 0.717) is 41.8 Å². The van der Waals surface area contributed by atoms with E-state index < -0.39 is 0 Å². The van der Waals surface area contributed by atoms with Crippen LogP contribution in [0, 0.1) is 13.8 Å². The van der Waals surface area contributed by atoms with Crippen molar-refractivity contribution in [1.82, 2.24) is 9.88 Å². The number of carbonyl (C=O) groups is 1. The summed E-state index contributed by atoms with van der Waals surface area (Å²) in [5.41, 5.74) is 3.65. The first-order chi connectivity index (χ1) is 11.5. The first kappa shape index (κ1) is 16.7. The van der Waals surface area contributed by atoms with Gasteiger partial charge < -0.3 is 19.4 Å². The van der Waals surface area contributed by atoms with Crippen molar-refractivity contribution in [3.8, 4) is 11.5 Å². The molecule has 1 aliphatic heterocycles.